The largest absolute Gasteiger partial charge is 0.352 e. The maximum Gasteiger partial charge on any atom is 0.226 e. The number of benzene rings is 3. The average molecular weight is 626 g/mol. The van der Waals surface area contributed by atoms with Crippen molar-refractivity contribution in [1.82, 2.24) is 19.8 Å². The molecule has 4 rings (SSSR count). The molecule has 0 spiro atoms. The van der Waals surface area contributed by atoms with Gasteiger partial charge in [0, 0.05) is 48.3 Å². The summed E-state index contributed by atoms with van der Waals surface area (Å²) in [6.07, 6.45) is 3.54. The molecular weight excluding hydrogens is 599 g/mol. The van der Waals surface area contributed by atoms with Crippen LogP contribution in [-0.2, 0) is 24.3 Å². The van der Waals surface area contributed by atoms with Crippen molar-refractivity contribution in [1.29, 1.82) is 5.26 Å². The molecule has 1 heterocycles. The lowest BCUT2D eigenvalue weighted by molar-refractivity contribution is -0.121. The molecule has 0 aliphatic heterocycles. The Bertz CT molecular complexity index is 1570. The fraction of sp³-hybridized carbons (Fsp3) is 0.200. The number of nitrogens with zero attached hydrogens (tertiary/aromatic N) is 4. The van der Waals surface area contributed by atoms with Gasteiger partial charge >= 0.3 is 0 Å². The second-order valence-corrected chi connectivity index (χ2v) is 11.1. The molecule has 1 atom stereocenters. The quantitative estimate of drug-likeness (QED) is 0.191. The van der Waals surface area contributed by atoms with Crippen LogP contribution in [0.25, 0.3) is 0 Å². The van der Waals surface area contributed by atoms with Gasteiger partial charge in [0.25, 0.3) is 0 Å². The first-order valence-corrected chi connectivity index (χ1v) is 14.3. The van der Waals surface area contributed by atoms with Gasteiger partial charge in [-0.3, -0.25) is 4.79 Å². The van der Waals surface area contributed by atoms with Gasteiger partial charge in [-0.1, -0.05) is 65.1 Å². The van der Waals surface area contributed by atoms with Crippen LogP contribution in [0.2, 0.25) is 15.1 Å². The highest BCUT2D eigenvalue weighted by Crippen LogP contribution is 2.27. The zero-order chi connectivity index (χ0) is 29.4. The number of nitriles is 1. The Morgan fingerprint density at radius 1 is 1.12 bits per heavy atom. The predicted octanol–water partition coefficient (Wildman–Crippen LogP) is 6.71. The first kappa shape index (κ1) is 30.4. The lowest BCUT2D eigenvalue weighted by Crippen LogP contribution is -2.45. The molecule has 3 aromatic carbocycles. The zero-order valence-corrected chi connectivity index (χ0v) is 25.2. The van der Waals surface area contributed by atoms with Gasteiger partial charge in [-0.25, -0.2) is 4.98 Å². The highest BCUT2D eigenvalue weighted by molar-refractivity contribution is 7.80. The maximum absolute atomic E-state index is 13.0. The third-order valence-electron chi connectivity index (χ3n) is 6.23. The van der Waals surface area contributed by atoms with Gasteiger partial charge in [0.05, 0.1) is 34.4 Å². The van der Waals surface area contributed by atoms with Gasteiger partial charge in [-0.15, -0.1) is 0 Å². The van der Waals surface area contributed by atoms with Gasteiger partial charge < -0.3 is 20.1 Å². The number of hydrogen-bond donors (Lipinski definition) is 2. The first-order chi connectivity index (χ1) is 19.7. The molecule has 210 valence electrons. The molecule has 0 saturated carbocycles. The Labute approximate surface area is 259 Å². The van der Waals surface area contributed by atoms with Gasteiger partial charge in [-0.2, -0.15) is 5.26 Å². The average Bonchev–Trinajstić information content (AvgIpc) is 3.37. The van der Waals surface area contributed by atoms with Crippen molar-refractivity contribution < 1.29 is 4.79 Å². The third kappa shape index (κ3) is 8.69. The molecule has 0 saturated heterocycles. The van der Waals surface area contributed by atoms with Crippen LogP contribution in [0.4, 0.5) is 5.69 Å². The molecule has 2 N–H and O–H groups in total. The van der Waals surface area contributed by atoms with Crippen molar-refractivity contribution in [3.8, 4) is 6.07 Å². The van der Waals surface area contributed by atoms with E-state index in [4.69, 9.17) is 52.3 Å². The van der Waals surface area contributed by atoms with E-state index in [1.54, 1.807) is 42.9 Å². The van der Waals surface area contributed by atoms with E-state index in [0.717, 1.165) is 22.5 Å². The van der Waals surface area contributed by atoms with Crippen LogP contribution >= 0.6 is 47.0 Å². The highest BCUT2D eigenvalue weighted by atomic mass is 35.5. The Kier molecular flexibility index (Phi) is 10.6. The predicted molar refractivity (Wildman–Crippen MR) is 168 cm³/mol. The van der Waals surface area contributed by atoms with Crippen molar-refractivity contribution in [3.63, 3.8) is 0 Å². The number of imidazole rings is 1. The molecule has 7 nitrogen and oxygen atoms in total. The number of carbonyl (C=O) groups is 1. The molecule has 1 amide bonds. The lowest BCUT2D eigenvalue weighted by Gasteiger charge is -2.29. The molecule has 0 aliphatic rings. The smallest absolute Gasteiger partial charge is 0.226 e. The number of amides is 1. The van der Waals surface area contributed by atoms with Crippen molar-refractivity contribution in [3.05, 3.63) is 117 Å². The monoisotopic (exact) mass is 624 g/mol. The number of nitrogens with one attached hydrogen (secondary N) is 2. The van der Waals surface area contributed by atoms with Crippen LogP contribution < -0.4 is 10.6 Å². The minimum absolute atomic E-state index is 0.145. The van der Waals surface area contributed by atoms with E-state index in [2.05, 4.69) is 21.7 Å². The summed E-state index contributed by atoms with van der Waals surface area (Å²) < 4.78 is 1.92. The van der Waals surface area contributed by atoms with E-state index in [-0.39, 0.29) is 18.4 Å². The molecule has 41 heavy (non-hydrogen) atoms. The summed E-state index contributed by atoms with van der Waals surface area (Å²) in [6.45, 7) is 3.25. The van der Waals surface area contributed by atoms with Crippen molar-refractivity contribution in [2.24, 2.45) is 0 Å². The second-order valence-electron chi connectivity index (χ2n) is 9.50. The standard InChI is InChI=1S/C30H27Cl3N6OS/c1-20(36-28(40)13-26-15-35-19-39(26)17-22-10-8-21(14-34)9-11-22)16-38(18-23-4-2-7-27(32)29(23)33)30(41)37-25-6-3-5-24(31)12-25/h2-12,15,19-20H,13,16-18H2,1H3,(H,36,40)(H,37,41)/t20-/m0/s1. The van der Waals surface area contributed by atoms with Crippen LogP contribution in [0.5, 0.6) is 0 Å². The second kappa shape index (κ2) is 14.3. The van der Waals surface area contributed by atoms with Crippen molar-refractivity contribution >= 4 is 63.7 Å². The molecule has 1 aromatic heterocycles. The van der Waals surface area contributed by atoms with E-state index in [1.807, 2.05) is 52.8 Å². The summed E-state index contributed by atoms with van der Waals surface area (Å²) >= 11 is 24.6. The number of halogens is 3. The molecule has 0 bridgehead atoms. The highest BCUT2D eigenvalue weighted by Gasteiger charge is 2.19. The Morgan fingerprint density at radius 2 is 1.88 bits per heavy atom. The molecule has 0 aliphatic carbocycles. The van der Waals surface area contributed by atoms with Crippen molar-refractivity contribution in [2.45, 2.75) is 32.5 Å². The fourth-order valence-electron chi connectivity index (χ4n) is 4.25. The fourth-order valence-corrected chi connectivity index (χ4v) is 5.08. The Balaban J connectivity index is 1.42. The molecule has 0 fully saturated rings. The van der Waals surface area contributed by atoms with Crippen LogP contribution in [0, 0.1) is 11.3 Å². The summed E-state index contributed by atoms with van der Waals surface area (Å²) in [5, 5.41) is 17.3. The van der Waals surface area contributed by atoms with Gasteiger partial charge in [0.2, 0.25) is 5.91 Å². The number of thiocarbonyl (C=S) groups is 1. The van der Waals surface area contributed by atoms with E-state index in [9.17, 15) is 4.79 Å². The molecular formula is C30H27Cl3N6OS. The topological polar surface area (TPSA) is 86.0 Å². The summed E-state index contributed by atoms with van der Waals surface area (Å²) in [4.78, 5) is 19.2. The SMILES string of the molecule is C[C@@H](CN(Cc1cccc(Cl)c1Cl)C(=S)Nc1cccc(Cl)c1)NC(=O)Cc1cncn1Cc1ccc(C#N)cc1. The summed E-state index contributed by atoms with van der Waals surface area (Å²) in [6, 6.07) is 21.9. The van der Waals surface area contributed by atoms with Crippen LogP contribution in [0.15, 0.2) is 79.3 Å². The van der Waals surface area contributed by atoms with Gasteiger partial charge in [-0.05, 0) is 66.7 Å². The normalized spacial score (nSPS) is 11.4. The van der Waals surface area contributed by atoms with Crippen LogP contribution in [-0.4, -0.2) is 38.1 Å². The number of hydrogen-bond acceptors (Lipinski definition) is 4. The number of aromatic nitrogens is 2. The Morgan fingerprint density at radius 3 is 2.61 bits per heavy atom. The number of carbonyl (C=O) groups excluding carboxylic acids is 1. The van der Waals surface area contributed by atoms with Crippen LogP contribution in [0.3, 0.4) is 0 Å². The van der Waals surface area contributed by atoms with Gasteiger partial charge in [0.1, 0.15) is 0 Å². The summed E-state index contributed by atoms with van der Waals surface area (Å²) in [5.41, 5.74) is 3.94. The molecule has 0 radical (unpaired) electrons. The first-order valence-electron chi connectivity index (χ1n) is 12.7. The van der Waals surface area contributed by atoms with Gasteiger partial charge in [0.15, 0.2) is 5.11 Å². The minimum Gasteiger partial charge on any atom is -0.352 e. The van der Waals surface area contributed by atoms with Crippen molar-refractivity contribution in [2.75, 3.05) is 11.9 Å². The van der Waals surface area contributed by atoms with E-state index in [1.165, 1.54) is 0 Å². The third-order valence-corrected chi connectivity index (χ3v) is 7.69. The van der Waals surface area contributed by atoms with E-state index in [0.29, 0.717) is 45.4 Å². The molecule has 4 aromatic rings. The zero-order valence-electron chi connectivity index (χ0n) is 22.2. The van der Waals surface area contributed by atoms with E-state index >= 15 is 0 Å². The number of rotatable bonds is 10. The Hall–Kier alpha value is -3.61. The summed E-state index contributed by atoms with van der Waals surface area (Å²) in [5.74, 6) is -0.145. The number of anilines is 1. The minimum atomic E-state index is -0.255. The maximum atomic E-state index is 13.0. The van der Waals surface area contributed by atoms with E-state index < -0.39 is 0 Å². The summed E-state index contributed by atoms with van der Waals surface area (Å²) in [7, 11) is 0. The molecule has 11 heteroatoms. The lowest BCUT2D eigenvalue weighted by atomic mass is 10.1. The molecule has 0 unspecified atom stereocenters. The van der Waals surface area contributed by atoms with Crippen LogP contribution in [0.1, 0.15) is 29.3 Å².